The van der Waals surface area contributed by atoms with Gasteiger partial charge in [-0.25, -0.2) is 0 Å². The van der Waals surface area contributed by atoms with Gasteiger partial charge in [0.05, 0.1) is 0 Å². The molecule has 0 bridgehead atoms. The molecule has 0 amide bonds. The first-order valence-electron chi connectivity index (χ1n) is 7.15. The van der Waals surface area contributed by atoms with Gasteiger partial charge in [-0.15, -0.1) is 0 Å². The maximum atomic E-state index is 12.5. The van der Waals surface area contributed by atoms with Gasteiger partial charge in [-0.1, -0.05) is 47.0 Å². The molecule has 2 unspecified atom stereocenters. The number of ketones is 1. The molecule has 0 aromatic carbocycles. The maximum Gasteiger partial charge on any atom is 0.141 e. The Morgan fingerprint density at radius 1 is 1.18 bits per heavy atom. The highest BCUT2D eigenvalue weighted by Crippen LogP contribution is 2.31. The normalized spacial score (nSPS) is 15.6. The number of Topliss-reactive ketones (excluding diaryl/α,β-unsaturated/α-hetero) is 1. The number of hydrogen-bond donors (Lipinski definition) is 1. The Hall–Kier alpha value is -0.370. The van der Waals surface area contributed by atoms with Crippen LogP contribution in [0.4, 0.5) is 0 Å². The molecular weight excluding hydrogens is 210 g/mol. The number of carbonyl (C=O) groups excluding carboxylic acids is 1. The summed E-state index contributed by atoms with van der Waals surface area (Å²) >= 11 is 0. The third kappa shape index (κ3) is 6.21. The van der Waals surface area contributed by atoms with E-state index in [2.05, 4.69) is 13.8 Å². The lowest BCUT2D eigenvalue weighted by atomic mass is 9.74. The van der Waals surface area contributed by atoms with Gasteiger partial charge in [0.1, 0.15) is 5.78 Å². The Bertz CT molecular complexity index is 221. The lowest BCUT2D eigenvalue weighted by Crippen LogP contribution is -2.36. The lowest BCUT2D eigenvalue weighted by Gasteiger charge is -2.29. The van der Waals surface area contributed by atoms with Gasteiger partial charge in [-0.2, -0.15) is 0 Å². The van der Waals surface area contributed by atoms with Crippen LogP contribution in [0.1, 0.15) is 73.1 Å². The zero-order chi connectivity index (χ0) is 13.5. The fourth-order valence-electron chi connectivity index (χ4n) is 2.66. The van der Waals surface area contributed by atoms with Crippen molar-refractivity contribution in [1.29, 1.82) is 0 Å². The summed E-state index contributed by atoms with van der Waals surface area (Å²) in [5.41, 5.74) is 5.58. The minimum atomic E-state index is -0.262. The van der Waals surface area contributed by atoms with Crippen LogP contribution >= 0.6 is 0 Å². The zero-order valence-corrected chi connectivity index (χ0v) is 12.4. The highest BCUT2D eigenvalue weighted by Gasteiger charge is 2.33. The first-order chi connectivity index (χ1) is 7.85. The van der Waals surface area contributed by atoms with Crippen molar-refractivity contribution in [2.24, 2.45) is 17.1 Å². The first-order valence-corrected chi connectivity index (χ1v) is 7.15. The van der Waals surface area contributed by atoms with Crippen LogP contribution in [0.2, 0.25) is 0 Å². The van der Waals surface area contributed by atoms with Gasteiger partial charge < -0.3 is 5.73 Å². The van der Waals surface area contributed by atoms with E-state index < -0.39 is 0 Å². The summed E-state index contributed by atoms with van der Waals surface area (Å²) in [6.45, 7) is 10.4. The molecule has 2 atom stereocenters. The van der Waals surface area contributed by atoms with Gasteiger partial charge in [-0.3, -0.25) is 4.79 Å². The number of rotatable bonds is 9. The first kappa shape index (κ1) is 16.6. The van der Waals surface area contributed by atoms with E-state index in [0.717, 1.165) is 32.1 Å². The molecule has 2 N–H and O–H groups in total. The number of nitrogens with two attached hydrogens (primary N) is 1. The Kier molecular flexibility index (Phi) is 7.69. The predicted molar refractivity (Wildman–Crippen MR) is 75.0 cm³/mol. The molecule has 102 valence electrons. The van der Waals surface area contributed by atoms with E-state index in [9.17, 15) is 4.79 Å². The standard InChI is InChI=1S/C15H31NO/c1-6-8-10-13(9-7-2)14(17)15(4,5)11-12(3)16/h12-13H,6-11,16H2,1-5H3. The van der Waals surface area contributed by atoms with Crippen LogP contribution in [0, 0.1) is 11.3 Å². The summed E-state index contributed by atoms with van der Waals surface area (Å²) in [5.74, 6) is 0.666. The molecule has 0 aliphatic heterocycles. The van der Waals surface area contributed by atoms with Crippen molar-refractivity contribution in [3.8, 4) is 0 Å². The topological polar surface area (TPSA) is 43.1 Å². The summed E-state index contributed by atoms with van der Waals surface area (Å²) < 4.78 is 0. The molecule has 0 radical (unpaired) electrons. The molecule has 0 aromatic rings. The van der Waals surface area contributed by atoms with Crippen LogP contribution in [0.5, 0.6) is 0 Å². The second-order valence-corrected chi connectivity index (χ2v) is 6.06. The molecule has 0 aliphatic rings. The summed E-state index contributed by atoms with van der Waals surface area (Å²) in [5, 5.41) is 0. The van der Waals surface area contributed by atoms with Crippen molar-refractivity contribution in [1.82, 2.24) is 0 Å². The molecule has 0 aliphatic carbocycles. The van der Waals surface area contributed by atoms with E-state index in [-0.39, 0.29) is 17.4 Å². The molecule has 0 rings (SSSR count). The monoisotopic (exact) mass is 241 g/mol. The average Bonchev–Trinajstić information content (AvgIpc) is 2.21. The van der Waals surface area contributed by atoms with E-state index in [0.29, 0.717) is 5.78 Å². The van der Waals surface area contributed by atoms with Crippen molar-refractivity contribution in [3.63, 3.8) is 0 Å². The minimum Gasteiger partial charge on any atom is -0.328 e. The number of hydrogen-bond acceptors (Lipinski definition) is 2. The number of carbonyl (C=O) groups is 1. The van der Waals surface area contributed by atoms with Gasteiger partial charge >= 0.3 is 0 Å². The van der Waals surface area contributed by atoms with Crippen LogP contribution in [-0.2, 0) is 4.79 Å². The molecule has 0 fully saturated rings. The molecule has 17 heavy (non-hydrogen) atoms. The van der Waals surface area contributed by atoms with E-state index in [1.807, 2.05) is 20.8 Å². The van der Waals surface area contributed by atoms with Crippen molar-refractivity contribution in [2.45, 2.75) is 79.2 Å². The molecule has 2 nitrogen and oxygen atoms in total. The van der Waals surface area contributed by atoms with Crippen molar-refractivity contribution in [2.75, 3.05) is 0 Å². The SMILES string of the molecule is CCCCC(CCC)C(=O)C(C)(C)CC(C)N. The van der Waals surface area contributed by atoms with Gasteiger partial charge in [-0.05, 0) is 26.2 Å². The third-order valence-electron chi connectivity index (χ3n) is 3.41. The average molecular weight is 241 g/mol. The molecule has 0 heterocycles. The van der Waals surface area contributed by atoms with Crippen LogP contribution in [0.15, 0.2) is 0 Å². The summed E-state index contributed by atoms with van der Waals surface area (Å²) in [6, 6.07) is 0.0994. The van der Waals surface area contributed by atoms with E-state index in [1.54, 1.807) is 0 Å². The van der Waals surface area contributed by atoms with Gasteiger partial charge in [0.25, 0.3) is 0 Å². The van der Waals surface area contributed by atoms with E-state index >= 15 is 0 Å². The molecule has 0 aromatic heterocycles. The van der Waals surface area contributed by atoms with Gasteiger partial charge in [0.2, 0.25) is 0 Å². The van der Waals surface area contributed by atoms with Crippen molar-refractivity contribution < 1.29 is 4.79 Å². The summed E-state index contributed by atoms with van der Waals surface area (Å²) in [6.07, 6.45) is 6.28. The van der Waals surface area contributed by atoms with Crippen molar-refractivity contribution in [3.05, 3.63) is 0 Å². The van der Waals surface area contributed by atoms with Gasteiger partial charge in [0.15, 0.2) is 0 Å². The van der Waals surface area contributed by atoms with Crippen molar-refractivity contribution >= 4 is 5.78 Å². The van der Waals surface area contributed by atoms with E-state index in [4.69, 9.17) is 5.73 Å². The summed E-state index contributed by atoms with van der Waals surface area (Å²) in [7, 11) is 0. The van der Waals surface area contributed by atoms with Crippen LogP contribution < -0.4 is 5.73 Å². The van der Waals surface area contributed by atoms with Crippen LogP contribution in [0.3, 0.4) is 0 Å². The molecular formula is C15H31NO. The summed E-state index contributed by atoms with van der Waals surface area (Å²) in [4.78, 5) is 12.5. The molecule has 2 heteroatoms. The fourth-order valence-corrected chi connectivity index (χ4v) is 2.66. The quantitative estimate of drug-likeness (QED) is 0.664. The Labute approximate surface area is 107 Å². The Balaban J connectivity index is 4.56. The molecule has 0 saturated heterocycles. The second kappa shape index (κ2) is 7.86. The Morgan fingerprint density at radius 2 is 1.76 bits per heavy atom. The maximum absolute atomic E-state index is 12.5. The smallest absolute Gasteiger partial charge is 0.141 e. The van der Waals surface area contributed by atoms with Gasteiger partial charge in [0, 0.05) is 17.4 Å². The minimum absolute atomic E-state index is 0.0994. The van der Waals surface area contributed by atoms with Crippen LogP contribution in [0.25, 0.3) is 0 Å². The highest BCUT2D eigenvalue weighted by atomic mass is 16.1. The second-order valence-electron chi connectivity index (χ2n) is 6.06. The zero-order valence-electron chi connectivity index (χ0n) is 12.4. The molecule has 0 spiro atoms. The highest BCUT2D eigenvalue weighted by molar-refractivity contribution is 5.86. The Morgan fingerprint density at radius 3 is 2.18 bits per heavy atom. The fraction of sp³-hybridized carbons (Fsp3) is 0.933. The number of unbranched alkanes of at least 4 members (excludes halogenated alkanes) is 1. The largest absolute Gasteiger partial charge is 0.328 e. The lowest BCUT2D eigenvalue weighted by molar-refractivity contribution is -0.132. The third-order valence-corrected chi connectivity index (χ3v) is 3.41. The molecule has 0 saturated carbocycles. The predicted octanol–water partition coefficient (Wildman–Crippen LogP) is 3.93. The van der Waals surface area contributed by atoms with E-state index in [1.165, 1.54) is 6.42 Å². The van der Waals surface area contributed by atoms with Crippen LogP contribution in [-0.4, -0.2) is 11.8 Å².